The van der Waals surface area contributed by atoms with Gasteiger partial charge in [0.1, 0.15) is 0 Å². The quantitative estimate of drug-likeness (QED) is 0.454. The largest absolute Gasteiger partial charge is 0.389 e. The molecule has 1 unspecified atom stereocenters. The topological polar surface area (TPSA) is 104 Å². The van der Waals surface area contributed by atoms with Crippen LogP contribution in [0.4, 0.5) is 0 Å². The highest BCUT2D eigenvalue weighted by Gasteiger charge is 2.20. The summed E-state index contributed by atoms with van der Waals surface area (Å²) in [7, 11) is 0. The number of para-hydroxylation sites is 1. The van der Waals surface area contributed by atoms with Crippen molar-refractivity contribution in [3.63, 3.8) is 0 Å². The smallest absolute Gasteiger partial charge is 0.292 e. The second kappa shape index (κ2) is 7.14. The lowest BCUT2D eigenvalue weighted by atomic mass is 10.1. The van der Waals surface area contributed by atoms with Crippen molar-refractivity contribution in [3.8, 4) is 0 Å². The maximum Gasteiger partial charge on any atom is 0.292 e. The van der Waals surface area contributed by atoms with Crippen molar-refractivity contribution in [2.45, 2.75) is 12.6 Å². The van der Waals surface area contributed by atoms with Crippen LogP contribution in [-0.4, -0.2) is 39.0 Å². The Balaban J connectivity index is 1.61. The second-order valence-electron chi connectivity index (χ2n) is 5.63. The number of carbonyl (C=O) groups is 2. The first-order chi connectivity index (χ1) is 12.1. The zero-order chi connectivity index (χ0) is 17.8. The van der Waals surface area contributed by atoms with E-state index < -0.39 is 17.8 Å². The minimum Gasteiger partial charge on any atom is -0.389 e. The molecule has 25 heavy (non-hydrogen) atoms. The lowest BCUT2D eigenvalue weighted by Gasteiger charge is -2.13. The molecule has 1 amide bonds. The standard InChI is InChI=1S/C18H17N3O4/c22-12(11-21-8-4-3-7-16(21)23)9-20-18(25)17(24)14-10-19-15-6-2-1-5-13(14)15/h1-8,10,12,19,22H,9,11H2,(H,20,25). The molecule has 0 saturated carbocycles. The van der Waals surface area contributed by atoms with Gasteiger partial charge in [-0.25, -0.2) is 0 Å². The van der Waals surface area contributed by atoms with Gasteiger partial charge in [-0.3, -0.25) is 14.4 Å². The van der Waals surface area contributed by atoms with Crippen molar-refractivity contribution in [1.29, 1.82) is 0 Å². The lowest BCUT2D eigenvalue weighted by Crippen LogP contribution is -2.39. The molecule has 0 radical (unpaired) electrons. The number of carbonyl (C=O) groups excluding carboxylic acids is 2. The highest BCUT2D eigenvalue weighted by molar-refractivity contribution is 6.44. The molecule has 0 aliphatic carbocycles. The fourth-order valence-electron chi connectivity index (χ4n) is 2.58. The number of aromatic nitrogens is 2. The van der Waals surface area contributed by atoms with Crippen molar-refractivity contribution in [1.82, 2.24) is 14.9 Å². The first kappa shape index (κ1) is 16.7. The number of H-pyrrole nitrogens is 1. The van der Waals surface area contributed by atoms with Crippen LogP contribution in [0.3, 0.4) is 0 Å². The molecule has 0 spiro atoms. The first-order valence-corrected chi connectivity index (χ1v) is 7.78. The SMILES string of the molecule is O=C(NCC(O)Cn1ccccc1=O)C(=O)c1c[nH]c2ccccc12. The lowest BCUT2D eigenvalue weighted by molar-refractivity contribution is -0.117. The van der Waals surface area contributed by atoms with Gasteiger partial charge in [-0.2, -0.15) is 0 Å². The molecule has 0 saturated heterocycles. The van der Waals surface area contributed by atoms with Gasteiger partial charge in [0.05, 0.1) is 18.2 Å². The number of aliphatic hydroxyl groups is 1. The minimum absolute atomic E-state index is 0.0290. The number of benzene rings is 1. The monoisotopic (exact) mass is 339 g/mol. The van der Waals surface area contributed by atoms with Crippen LogP contribution in [-0.2, 0) is 11.3 Å². The van der Waals surface area contributed by atoms with Gasteiger partial charge in [-0.05, 0) is 12.1 Å². The number of pyridine rings is 1. The van der Waals surface area contributed by atoms with Gasteiger partial charge in [0.25, 0.3) is 17.2 Å². The van der Waals surface area contributed by atoms with E-state index in [0.29, 0.717) is 5.39 Å². The number of ketones is 1. The van der Waals surface area contributed by atoms with E-state index in [4.69, 9.17) is 0 Å². The molecule has 128 valence electrons. The summed E-state index contributed by atoms with van der Waals surface area (Å²) in [6.45, 7) is -0.102. The Morgan fingerprint density at radius 2 is 1.92 bits per heavy atom. The maximum absolute atomic E-state index is 12.3. The van der Waals surface area contributed by atoms with Crippen LogP contribution in [0.5, 0.6) is 0 Å². The molecule has 0 bridgehead atoms. The third-order valence-electron chi connectivity index (χ3n) is 3.84. The molecule has 2 aromatic heterocycles. The van der Waals surface area contributed by atoms with Crippen molar-refractivity contribution in [2.24, 2.45) is 0 Å². The molecule has 3 aromatic rings. The number of fused-ring (bicyclic) bond motifs is 1. The van der Waals surface area contributed by atoms with Gasteiger partial charge in [0, 0.05) is 35.9 Å². The molecule has 1 aromatic carbocycles. The summed E-state index contributed by atoms with van der Waals surface area (Å²) in [6.07, 6.45) is 2.05. The van der Waals surface area contributed by atoms with Crippen molar-refractivity contribution < 1.29 is 14.7 Å². The average molecular weight is 339 g/mol. The molecule has 7 nitrogen and oxygen atoms in total. The Hall–Kier alpha value is -3.19. The summed E-state index contributed by atoms with van der Waals surface area (Å²) < 4.78 is 1.33. The maximum atomic E-state index is 12.3. The van der Waals surface area contributed by atoms with E-state index in [1.807, 2.05) is 12.1 Å². The Morgan fingerprint density at radius 3 is 2.72 bits per heavy atom. The fourth-order valence-corrected chi connectivity index (χ4v) is 2.58. The molecule has 1 atom stereocenters. The predicted octanol–water partition coefficient (Wildman–Crippen LogP) is 0.690. The third kappa shape index (κ3) is 3.67. The van der Waals surface area contributed by atoms with Crippen LogP contribution >= 0.6 is 0 Å². The Labute approximate surface area is 142 Å². The van der Waals surface area contributed by atoms with Crippen LogP contribution in [0.15, 0.2) is 59.7 Å². The zero-order valence-electron chi connectivity index (χ0n) is 13.3. The molecule has 0 aliphatic heterocycles. The highest BCUT2D eigenvalue weighted by atomic mass is 16.3. The van der Waals surface area contributed by atoms with Gasteiger partial charge < -0.3 is 20.0 Å². The molecule has 2 heterocycles. The van der Waals surface area contributed by atoms with Gasteiger partial charge in [0.2, 0.25) is 0 Å². The van der Waals surface area contributed by atoms with Crippen LogP contribution in [0.2, 0.25) is 0 Å². The van der Waals surface area contributed by atoms with Gasteiger partial charge in [-0.1, -0.05) is 24.3 Å². The molecule has 7 heteroatoms. The van der Waals surface area contributed by atoms with Crippen LogP contribution in [0.1, 0.15) is 10.4 Å². The predicted molar refractivity (Wildman–Crippen MR) is 92.3 cm³/mol. The van der Waals surface area contributed by atoms with Crippen LogP contribution < -0.4 is 10.9 Å². The molecule has 3 N–H and O–H groups in total. The number of aliphatic hydroxyl groups excluding tert-OH is 1. The van der Waals surface area contributed by atoms with Gasteiger partial charge >= 0.3 is 0 Å². The van der Waals surface area contributed by atoms with Crippen LogP contribution in [0.25, 0.3) is 10.9 Å². The van der Waals surface area contributed by atoms with Gasteiger partial charge in [0.15, 0.2) is 0 Å². The van der Waals surface area contributed by atoms with E-state index in [-0.39, 0.29) is 24.2 Å². The van der Waals surface area contributed by atoms with Crippen LogP contribution in [0, 0.1) is 0 Å². The van der Waals surface area contributed by atoms with Crippen molar-refractivity contribution in [3.05, 3.63) is 70.8 Å². The number of Topliss-reactive ketones (excluding diaryl/α,β-unsaturated/α-hetero) is 1. The molecular weight excluding hydrogens is 322 g/mol. The van der Waals surface area contributed by atoms with E-state index in [1.54, 1.807) is 30.5 Å². The highest BCUT2D eigenvalue weighted by Crippen LogP contribution is 2.18. The summed E-state index contributed by atoms with van der Waals surface area (Å²) in [5.41, 5.74) is 0.798. The Bertz CT molecular complexity index is 973. The van der Waals surface area contributed by atoms with E-state index in [0.717, 1.165) is 5.52 Å². The number of rotatable bonds is 6. The summed E-state index contributed by atoms with van der Waals surface area (Å²) in [6, 6.07) is 11.8. The van der Waals surface area contributed by atoms with Crippen molar-refractivity contribution in [2.75, 3.05) is 6.54 Å². The van der Waals surface area contributed by atoms with E-state index in [1.165, 1.54) is 16.8 Å². The van der Waals surface area contributed by atoms with E-state index in [2.05, 4.69) is 10.3 Å². The zero-order valence-corrected chi connectivity index (χ0v) is 13.3. The second-order valence-corrected chi connectivity index (χ2v) is 5.63. The van der Waals surface area contributed by atoms with Gasteiger partial charge in [-0.15, -0.1) is 0 Å². The number of nitrogens with one attached hydrogen (secondary N) is 2. The number of hydrogen-bond donors (Lipinski definition) is 3. The normalized spacial score (nSPS) is 12.0. The first-order valence-electron chi connectivity index (χ1n) is 7.78. The summed E-state index contributed by atoms with van der Waals surface area (Å²) >= 11 is 0. The molecular formula is C18H17N3O4. The average Bonchev–Trinajstić information content (AvgIpc) is 3.05. The number of nitrogens with zero attached hydrogens (tertiary/aromatic N) is 1. The van der Waals surface area contributed by atoms with E-state index >= 15 is 0 Å². The molecule has 0 aliphatic rings. The van der Waals surface area contributed by atoms with E-state index in [9.17, 15) is 19.5 Å². The number of aromatic amines is 1. The summed E-state index contributed by atoms with van der Waals surface area (Å²) in [5, 5.41) is 13.0. The fraction of sp³-hybridized carbons (Fsp3) is 0.167. The number of hydrogen-bond acceptors (Lipinski definition) is 4. The number of amides is 1. The summed E-state index contributed by atoms with van der Waals surface area (Å²) in [4.78, 5) is 38.9. The third-order valence-corrected chi connectivity index (χ3v) is 3.84. The summed E-state index contributed by atoms with van der Waals surface area (Å²) in [5.74, 6) is -1.48. The Kier molecular flexibility index (Phi) is 4.76. The minimum atomic E-state index is -0.986. The molecule has 0 fully saturated rings. The Morgan fingerprint density at radius 1 is 1.16 bits per heavy atom. The van der Waals surface area contributed by atoms with Crippen molar-refractivity contribution >= 4 is 22.6 Å². The molecule has 3 rings (SSSR count).